The van der Waals surface area contributed by atoms with Gasteiger partial charge in [-0.15, -0.1) is 0 Å². The lowest BCUT2D eigenvalue weighted by molar-refractivity contribution is 0.274. The van der Waals surface area contributed by atoms with Gasteiger partial charge in [0.05, 0.1) is 6.54 Å². The normalized spacial score (nSPS) is 12.0. The van der Waals surface area contributed by atoms with Crippen LogP contribution in [-0.2, 0) is 13.1 Å². The molecule has 4 heteroatoms. The van der Waals surface area contributed by atoms with Crippen LogP contribution in [0.5, 0.6) is 0 Å². The molecule has 1 heterocycles. The molecule has 18 heavy (non-hydrogen) atoms. The van der Waals surface area contributed by atoms with Crippen LogP contribution in [0.3, 0.4) is 0 Å². The van der Waals surface area contributed by atoms with Crippen LogP contribution >= 0.6 is 0 Å². The van der Waals surface area contributed by atoms with Gasteiger partial charge in [-0.1, -0.05) is 34.6 Å². The lowest BCUT2D eigenvalue weighted by Gasteiger charge is -2.25. The summed E-state index contributed by atoms with van der Waals surface area (Å²) in [6, 6.07) is 0. The smallest absolute Gasteiger partial charge is 0.140 e. The van der Waals surface area contributed by atoms with Gasteiger partial charge in [-0.3, -0.25) is 0 Å². The third kappa shape index (κ3) is 4.41. The van der Waals surface area contributed by atoms with Crippen molar-refractivity contribution in [3.05, 3.63) is 12.2 Å². The van der Waals surface area contributed by atoms with Gasteiger partial charge in [0.1, 0.15) is 12.2 Å². The van der Waals surface area contributed by atoms with E-state index in [1.807, 2.05) is 4.68 Å². The molecular weight excluding hydrogens is 224 g/mol. The molecule has 4 nitrogen and oxygen atoms in total. The van der Waals surface area contributed by atoms with Crippen LogP contribution in [0.4, 0.5) is 0 Å². The van der Waals surface area contributed by atoms with E-state index in [-0.39, 0.29) is 0 Å². The highest BCUT2D eigenvalue weighted by Gasteiger charge is 2.17. The van der Waals surface area contributed by atoms with Gasteiger partial charge < -0.3 is 5.32 Å². The maximum Gasteiger partial charge on any atom is 0.140 e. The molecule has 0 aliphatic heterocycles. The number of hydrogen-bond donors (Lipinski definition) is 1. The minimum atomic E-state index is 0.714. The van der Waals surface area contributed by atoms with E-state index < -0.39 is 0 Å². The number of nitrogens with zero attached hydrogens (tertiary/aromatic N) is 3. The lowest BCUT2D eigenvalue weighted by atomic mass is 9.85. The van der Waals surface area contributed by atoms with Gasteiger partial charge in [-0.2, -0.15) is 5.10 Å². The highest BCUT2D eigenvalue weighted by Crippen LogP contribution is 2.19. The van der Waals surface area contributed by atoms with Crippen LogP contribution in [0.1, 0.15) is 46.9 Å². The molecular formula is C14H28N4. The summed E-state index contributed by atoms with van der Waals surface area (Å²) in [6.45, 7) is 14.2. The van der Waals surface area contributed by atoms with E-state index >= 15 is 0 Å². The molecule has 0 aromatic carbocycles. The largest absolute Gasteiger partial charge is 0.310 e. The fourth-order valence-corrected chi connectivity index (χ4v) is 2.42. The molecule has 0 aliphatic rings. The molecule has 0 atom stereocenters. The molecule has 1 rings (SSSR count). The quantitative estimate of drug-likeness (QED) is 0.773. The van der Waals surface area contributed by atoms with Crippen molar-refractivity contribution in [1.82, 2.24) is 20.1 Å². The van der Waals surface area contributed by atoms with Gasteiger partial charge in [0.15, 0.2) is 0 Å². The van der Waals surface area contributed by atoms with Gasteiger partial charge in [-0.25, -0.2) is 9.67 Å². The van der Waals surface area contributed by atoms with Crippen molar-refractivity contribution >= 4 is 0 Å². The van der Waals surface area contributed by atoms with Crippen LogP contribution < -0.4 is 5.32 Å². The van der Waals surface area contributed by atoms with E-state index in [2.05, 4.69) is 50.0 Å². The molecule has 1 N–H and O–H groups in total. The van der Waals surface area contributed by atoms with Crippen molar-refractivity contribution in [2.24, 2.45) is 17.8 Å². The zero-order valence-electron chi connectivity index (χ0n) is 12.5. The van der Waals surface area contributed by atoms with E-state index in [9.17, 15) is 0 Å². The third-order valence-corrected chi connectivity index (χ3v) is 3.51. The molecule has 0 amide bonds. The van der Waals surface area contributed by atoms with Crippen LogP contribution in [-0.4, -0.2) is 21.3 Å². The Hall–Kier alpha value is -0.900. The average Bonchev–Trinajstić information content (AvgIpc) is 2.71. The van der Waals surface area contributed by atoms with Gasteiger partial charge >= 0.3 is 0 Å². The van der Waals surface area contributed by atoms with Gasteiger partial charge in [0.2, 0.25) is 0 Å². The molecule has 0 aliphatic carbocycles. The van der Waals surface area contributed by atoms with Gasteiger partial charge in [-0.05, 0) is 30.7 Å². The Morgan fingerprint density at radius 1 is 1.22 bits per heavy atom. The Balaban J connectivity index is 2.42. The molecule has 0 saturated heterocycles. The van der Waals surface area contributed by atoms with E-state index in [0.717, 1.165) is 31.9 Å². The summed E-state index contributed by atoms with van der Waals surface area (Å²) in [7, 11) is 0. The fourth-order valence-electron chi connectivity index (χ4n) is 2.42. The molecule has 0 saturated carbocycles. The summed E-state index contributed by atoms with van der Waals surface area (Å²) in [5.74, 6) is 3.19. The van der Waals surface area contributed by atoms with Crippen molar-refractivity contribution < 1.29 is 0 Å². The second-order valence-corrected chi connectivity index (χ2v) is 5.68. The van der Waals surface area contributed by atoms with E-state index in [4.69, 9.17) is 0 Å². The first-order valence-electron chi connectivity index (χ1n) is 7.13. The Bertz CT molecular complexity index is 322. The second kappa shape index (κ2) is 7.52. The molecule has 0 bridgehead atoms. The molecule has 0 unspecified atom stereocenters. The van der Waals surface area contributed by atoms with Crippen LogP contribution in [0, 0.1) is 17.8 Å². The van der Waals surface area contributed by atoms with Crippen LogP contribution in [0.15, 0.2) is 6.33 Å². The zero-order valence-corrected chi connectivity index (χ0v) is 12.5. The summed E-state index contributed by atoms with van der Waals surface area (Å²) in [4.78, 5) is 4.31. The number of aromatic nitrogens is 3. The first-order chi connectivity index (χ1) is 8.56. The number of rotatable bonds is 8. The fraction of sp³-hybridized carbons (Fsp3) is 0.857. The highest BCUT2D eigenvalue weighted by molar-refractivity contribution is 4.84. The summed E-state index contributed by atoms with van der Waals surface area (Å²) in [5.41, 5.74) is 0. The van der Waals surface area contributed by atoms with Crippen molar-refractivity contribution in [3.63, 3.8) is 0 Å². The Morgan fingerprint density at radius 3 is 2.44 bits per heavy atom. The van der Waals surface area contributed by atoms with E-state index in [0.29, 0.717) is 17.8 Å². The summed E-state index contributed by atoms with van der Waals surface area (Å²) >= 11 is 0. The lowest BCUT2D eigenvalue weighted by Crippen LogP contribution is -2.30. The average molecular weight is 252 g/mol. The summed E-state index contributed by atoms with van der Waals surface area (Å²) in [6.07, 6.45) is 2.74. The molecule has 104 valence electrons. The zero-order chi connectivity index (χ0) is 13.5. The second-order valence-electron chi connectivity index (χ2n) is 5.68. The summed E-state index contributed by atoms with van der Waals surface area (Å²) < 4.78 is 1.99. The maximum atomic E-state index is 4.31. The van der Waals surface area contributed by atoms with Crippen molar-refractivity contribution in [1.29, 1.82) is 0 Å². The number of nitrogens with one attached hydrogen (secondary N) is 1. The van der Waals surface area contributed by atoms with Crippen LogP contribution in [0.2, 0.25) is 0 Å². The Morgan fingerprint density at radius 2 is 1.89 bits per heavy atom. The predicted molar refractivity (Wildman–Crippen MR) is 75.2 cm³/mol. The van der Waals surface area contributed by atoms with E-state index in [1.54, 1.807) is 6.33 Å². The standard InChI is InChI=1S/C14H28N4/c1-6-7-18-14(16-10-17-18)9-15-8-13(11(2)3)12(4)5/h10-13,15H,6-9H2,1-5H3. The molecule has 0 fully saturated rings. The molecule has 0 radical (unpaired) electrons. The minimum absolute atomic E-state index is 0.714. The molecule has 1 aromatic rings. The third-order valence-electron chi connectivity index (χ3n) is 3.51. The first kappa shape index (κ1) is 15.2. The van der Waals surface area contributed by atoms with Crippen LogP contribution in [0.25, 0.3) is 0 Å². The molecule has 0 spiro atoms. The predicted octanol–water partition coefficient (Wildman–Crippen LogP) is 2.71. The van der Waals surface area contributed by atoms with Crippen molar-refractivity contribution in [2.75, 3.05) is 6.54 Å². The van der Waals surface area contributed by atoms with Crippen molar-refractivity contribution in [2.45, 2.75) is 54.1 Å². The topological polar surface area (TPSA) is 42.7 Å². The summed E-state index contributed by atoms with van der Waals surface area (Å²) in [5, 5.41) is 7.77. The number of hydrogen-bond acceptors (Lipinski definition) is 3. The van der Waals surface area contributed by atoms with Gasteiger partial charge in [0, 0.05) is 6.54 Å². The van der Waals surface area contributed by atoms with E-state index in [1.165, 1.54) is 0 Å². The molecule has 1 aromatic heterocycles. The Labute approximate surface area is 111 Å². The maximum absolute atomic E-state index is 4.31. The highest BCUT2D eigenvalue weighted by atomic mass is 15.3. The monoisotopic (exact) mass is 252 g/mol. The first-order valence-corrected chi connectivity index (χ1v) is 7.13. The van der Waals surface area contributed by atoms with Gasteiger partial charge in [0.25, 0.3) is 0 Å². The number of aryl methyl sites for hydroxylation is 1. The SMILES string of the molecule is CCCn1ncnc1CNCC(C(C)C)C(C)C. The minimum Gasteiger partial charge on any atom is -0.310 e. The van der Waals surface area contributed by atoms with Crippen molar-refractivity contribution in [3.8, 4) is 0 Å². The Kier molecular flexibility index (Phi) is 6.33.